The molecule has 178 valence electrons. The average molecular weight is 463 g/mol. The Bertz CT molecular complexity index is 1330. The number of nitrogens with two attached hydrogens (primary N) is 1. The van der Waals surface area contributed by atoms with E-state index in [0.717, 1.165) is 68.5 Å². The zero-order valence-electron chi connectivity index (χ0n) is 19.3. The highest BCUT2D eigenvalue weighted by molar-refractivity contribution is 5.95. The van der Waals surface area contributed by atoms with Crippen LogP contribution in [0.25, 0.3) is 16.6 Å². The van der Waals surface area contributed by atoms with Crippen LogP contribution in [-0.4, -0.2) is 60.8 Å². The fourth-order valence-electron chi connectivity index (χ4n) is 5.48. The summed E-state index contributed by atoms with van der Waals surface area (Å²) in [5.41, 5.74) is 8.72. The van der Waals surface area contributed by atoms with Crippen LogP contribution >= 0.6 is 0 Å². The Morgan fingerprint density at radius 3 is 2.85 bits per heavy atom. The van der Waals surface area contributed by atoms with E-state index in [1.165, 1.54) is 0 Å². The number of rotatable bonds is 4. The second-order valence-corrected chi connectivity index (χ2v) is 9.41. The van der Waals surface area contributed by atoms with Crippen LogP contribution < -0.4 is 15.4 Å². The topological polar surface area (TPSA) is 120 Å². The fraction of sp³-hybridized carbons (Fsp3) is 0.500. The largest absolute Gasteiger partial charge is 0.494 e. The Balaban J connectivity index is 1.29. The third-order valence-corrected chi connectivity index (χ3v) is 7.30. The lowest BCUT2D eigenvalue weighted by Gasteiger charge is -2.32. The minimum absolute atomic E-state index is 0.0731. The van der Waals surface area contributed by atoms with Crippen LogP contribution in [0.4, 0.5) is 11.6 Å². The molecule has 1 saturated carbocycles. The average Bonchev–Trinajstić information content (AvgIpc) is 3.53. The zero-order valence-corrected chi connectivity index (χ0v) is 19.3. The van der Waals surface area contributed by atoms with Gasteiger partial charge in [0.2, 0.25) is 5.95 Å². The molecule has 1 aliphatic heterocycles. The second-order valence-electron chi connectivity index (χ2n) is 9.41. The number of hydrogen-bond acceptors (Lipinski definition) is 8. The Morgan fingerprint density at radius 1 is 1.12 bits per heavy atom. The predicted octanol–water partition coefficient (Wildman–Crippen LogP) is 2.92. The summed E-state index contributed by atoms with van der Waals surface area (Å²) in [5, 5.41) is 20.6. The highest BCUT2D eigenvalue weighted by Gasteiger charge is 2.29. The molecular weight excluding hydrogens is 432 g/mol. The summed E-state index contributed by atoms with van der Waals surface area (Å²) in [6.07, 6.45) is 9.80. The molecule has 1 aromatic carbocycles. The highest BCUT2D eigenvalue weighted by Crippen LogP contribution is 2.33. The van der Waals surface area contributed by atoms with Crippen LogP contribution in [0.5, 0.6) is 5.75 Å². The summed E-state index contributed by atoms with van der Waals surface area (Å²) in [7, 11) is 1.62. The van der Waals surface area contributed by atoms with Gasteiger partial charge in [0, 0.05) is 30.6 Å². The zero-order chi connectivity index (χ0) is 23.2. The number of benzene rings is 1. The number of methoxy groups -OCH3 is 1. The van der Waals surface area contributed by atoms with Gasteiger partial charge in [0.25, 0.3) is 0 Å². The SMILES string of the molecule is COc1cccc2c1nc(N)n1nc([C@@H]3CCCN(c4cnn([C@@H]5CCCC[C@@H]5O)c4)C3)nc21. The molecule has 3 N–H and O–H groups in total. The van der Waals surface area contributed by atoms with Crippen molar-refractivity contribution in [3.05, 3.63) is 36.4 Å². The number of hydrogen-bond donors (Lipinski definition) is 2. The molecule has 2 fully saturated rings. The van der Waals surface area contributed by atoms with Crippen molar-refractivity contribution < 1.29 is 9.84 Å². The first kappa shape index (κ1) is 21.2. The maximum absolute atomic E-state index is 10.4. The highest BCUT2D eigenvalue weighted by atomic mass is 16.5. The molecule has 0 unspecified atom stereocenters. The van der Waals surface area contributed by atoms with Crippen molar-refractivity contribution in [3.63, 3.8) is 0 Å². The van der Waals surface area contributed by atoms with Gasteiger partial charge in [-0.1, -0.05) is 18.9 Å². The molecule has 2 aliphatic rings. The minimum atomic E-state index is -0.315. The van der Waals surface area contributed by atoms with Gasteiger partial charge in [-0.25, -0.2) is 9.97 Å². The number of nitrogens with zero attached hydrogens (tertiary/aromatic N) is 7. The van der Waals surface area contributed by atoms with Gasteiger partial charge in [0.1, 0.15) is 11.3 Å². The molecule has 1 saturated heterocycles. The van der Waals surface area contributed by atoms with Crippen LogP contribution in [-0.2, 0) is 0 Å². The number of anilines is 2. The molecule has 10 nitrogen and oxygen atoms in total. The summed E-state index contributed by atoms with van der Waals surface area (Å²) in [5.74, 6) is 1.92. The van der Waals surface area contributed by atoms with Gasteiger partial charge in [-0.15, -0.1) is 5.10 Å². The lowest BCUT2D eigenvalue weighted by Crippen LogP contribution is -2.34. The van der Waals surface area contributed by atoms with E-state index in [-0.39, 0.29) is 18.1 Å². The quantitative estimate of drug-likeness (QED) is 0.475. The van der Waals surface area contributed by atoms with Crippen LogP contribution in [0.2, 0.25) is 0 Å². The van der Waals surface area contributed by atoms with Crippen molar-refractivity contribution in [1.29, 1.82) is 0 Å². The standard InChI is InChI=1S/C24H30N8O2/c1-34-20-10-4-7-17-21(20)27-24(25)32-23(17)28-22(29-32)15-6-5-11-30(13-15)16-12-26-31(14-16)18-8-2-3-9-19(18)33/h4,7,10,12,14-15,18-19,33H,2-3,5-6,8-9,11,13H2,1H3,(H2,25,27)/t15-,18-,19+/m1/s1. The van der Waals surface area contributed by atoms with Crippen molar-refractivity contribution in [3.8, 4) is 5.75 Å². The molecule has 6 rings (SSSR count). The Kier molecular flexibility index (Phi) is 5.24. The third-order valence-electron chi connectivity index (χ3n) is 7.30. The van der Waals surface area contributed by atoms with E-state index >= 15 is 0 Å². The summed E-state index contributed by atoms with van der Waals surface area (Å²) >= 11 is 0. The van der Waals surface area contributed by atoms with E-state index in [0.29, 0.717) is 22.9 Å². The normalized spacial score (nSPS) is 23.6. The van der Waals surface area contributed by atoms with Crippen molar-refractivity contribution in [2.75, 3.05) is 30.8 Å². The number of aliphatic hydroxyl groups is 1. The first-order chi connectivity index (χ1) is 16.6. The fourth-order valence-corrected chi connectivity index (χ4v) is 5.48. The van der Waals surface area contributed by atoms with E-state index in [1.54, 1.807) is 11.6 Å². The van der Waals surface area contributed by atoms with E-state index in [9.17, 15) is 5.11 Å². The van der Waals surface area contributed by atoms with E-state index in [1.807, 2.05) is 29.1 Å². The van der Waals surface area contributed by atoms with Crippen LogP contribution in [0.3, 0.4) is 0 Å². The summed E-state index contributed by atoms with van der Waals surface area (Å²) in [6.45, 7) is 1.77. The van der Waals surface area contributed by atoms with Crippen LogP contribution in [0, 0.1) is 0 Å². The number of nitrogen functional groups attached to an aromatic ring is 1. The second kappa shape index (κ2) is 8.43. The molecule has 1 aliphatic carbocycles. The maximum atomic E-state index is 10.4. The molecule has 0 radical (unpaired) electrons. The van der Waals surface area contributed by atoms with E-state index < -0.39 is 0 Å². The molecule has 10 heteroatoms. The number of aromatic nitrogens is 6. The summed E-state index contributed by atoms with van der Waals surface area (Å²) < 4.78 is 9.06. The number of fused-ring (bicyclic) bond motifs is 3. The third kappa shape index (κ3) is 3.53. The number of ether oxygens (including phenoxy) is 1. The number of aliphatic hydroxyl groups excluding tert-OH is 1. The van der Waals surface area contributed by atoms with E-state index in [4.69, 9.17) is 20.6 Å². The Hall–Kier alpha value is -3.40. The molecule has 4 aromatic rings. The van der Waals surface area contributed by atoms with Crippen molar-refractivity contribution in [1.82, 2.24) is 29.4 Å². The number of para-hydroxylation sites is 1. The van der Waals surface area contributed by atoms with Crippen molar-refractivity contribution >= 4 is 28.2 Å². The van der Waals surface area contributed by atoms with Gasteiger partial charge in [-0.2, -0.15) is 9.61 Å². The van der Waals surface area contributed by atoms with Gasteiger partial charge in [-0.05, 0) is 37.8 Å². The molecule has 0 bridgehead atoms. The van der Waals surface area contributed by atoms with Gasteiger partial charge in [-0.3, -0.25) is 4.68 Å². The molecule has 34 heavy (non-hydrogen) atoms. The monoisotopic (exact) mass is 462 g/mol. The number of piperidine rings is 1. The van der Waals surface area contributed by atoms with Gasteiger partial charge >= 0.3 is 0 Å². The molecule has 0 spiro atoms. The summed E-state index contributed by atoms with van der Waals surface area (Å²) in [4.78, 5) is 11.8. The smallest absolute Gasteiger partial charge is 0.223 e. The van der Waals surface area contributed by atoms with Gasteiger partial charge in [0.05, 0.1) is 31.1 Å². The Morgan fingerprint density at radius 2 is 2.00 bits per heavy atom. The molecule has 3 aromatic heterocycles. The lowest BCUT2D eigenvalue weighted by molar-refractivity contribution is 0.0695. The van der Waals surface area contributed by atoms with Crippen molar-refractivity contribution in [2.24, 2.45) is 0 Å². The van der Waals surface area contributed by atoms with Gasteiger partial charge < -0.3 is 20.5 Å². The van der Waals surface area contributed by atoms with Crippen LogP contribution in [0.1, 0.15) is 56.3 Å². The van der Waals surface area contributed by atoms with Crippen molar-refractivity contribution in [2.45, 2.75) is 56.6 Å². The maximum Gasteiger partial charge on any atom is 0.223 e. The first-order valence-corrected chi connectivity index (χ1v) is 12.1. The summed E-state index contributed by atoms with van der Waals surface area (Å²) in [6, 6.07) is 5.84. The predicted molar refractivity (Wildman–Crippen MR) is 129 cm³/mol. The molecular formula is C24H30N8O2. The minimum Gasteiger partial charge on any atom is -0.494 e. The van der Waals surface area contributed by atoms with Crippen LogP contribution in [0.15, 0.2) is 30.6 Å². The van der Waals surface area contributed by atoms with Gasteiger partial charge in [0.15, 0.2) is 11.5 Å². The Labute approximate surface area is 197 Å². The lowest BCUT2D eigenvalue weighted by atomic mass is 9.93. The first-order valence-electron chi connectivity index (χ1n) is 12.1. The molecule has 4 heterocycles. The molecule has 3 atom stereocenters. The van der Waals surface area contributed by atoms with E-state index in [2.05, 4.69) is 21.2 Å². The molecule has 0 amide bonds.